The maximum atomic E-state index is 5.76. The van der Waals surface area contributed by atoms with Crippen molar-refractivity contribution >= 4 is 11.0 Å². The Hall–Kier alpha value is -2.33. The summed E-state index contributed by atoms with van der Waals surface area (Å²) in [5.41, 5.74) is 8.57. The summed E-state index contributed by atoms with van der Waals surface area (Å²) in [6, 6.07) is 15.9. The van der Waals surface area contributed by atoms with Crippen molar-refractivity contribution < 1.29 is 4.74 Å². The van der Waals surface area contributed by atoms with E-state index in [0.717, 1.165) is 28.2 Å². The Kier molecular flexibility index (Phi) is 3.16. The lowest BCUT2D eigenvalue weighted by Gasteiger charge is -2.05. The minimum atomic E-state index is 0.412. The molecule has 1 aromatic heterocycles. The zero-order valence-corrected chi connectivity index (χ0v) is 10.5. The lowest BCUT2D eigenvalue weighted by molar-refractivity contribution is 0.306. The topological polar surface area (TPSA) is 63.9 Å². The molecule has 0 amide bonds. The highest BCUT2D eigenvalue weighted by atomic mass is 16.5. The van der Waals surface area contributed by atoms with Gasteiger partial charge in [0.25, 0.3) is 0 Å². The molecule has 3 aromatic rings. The third-order valence-corrected chi connectivity index (χ3v) is 2.94. The number of imidazole rings is 1. The minimum absolute atomic E-state index is 0.412. The van der Waals surface area contributed by atoms with Crippen molar-refractivity contribution in [3.8, 4) is 5.75 Å². The van der Waals surface area contributed by atoms with Crippen LogP contribution in [0.15, 0.2) is 48.5 Å². The van der Waals surface area contributed by atoms with Crippen molar-refractivity contribution in [1.82, 2.24) is 9.97 Å². The maximum absolute atomic E-state index is 5.76. The molecule has 19 heavy (non-hydrogen) atoms. The van der Waals surface area contributed by atoms with Crippen molar-refractivity contribution in [2.45, 2.75) is 13.2 Å². The third-order valence-electron chi connectivity index (χ3n) is 2.94. The fourth-order valence-electron chi connectivity index (χ4n) is 1.97. The van der Waals surface area contributed by atoms with Crippen LogP contribution in [0.2, 0.25) is 0 Å². The Labute approximate surface area is 111 Å². The molecule has 0 unspecified atom stereocenters. The normalized spacial score (nSPS) is 10.8. The van der Waals surface area contributed by atoms with Gasteiger partial charge in [-0.3, -0.25) is 0 Å². The molecule has 4 heteroatoms. The molecule has 0 atom stereocenters. The van der Waals surface area contributed by atoms with E-state index in [0.29, 0.717) is 13.2 Å². The number of rotatable bonds is 4. The van der Waals surface area contributed by atoms with E-state index < -0.39 is 0 Å². The van der Waals surface area contributed by atoms with Gasteiger partial charge in [0.15, 0.2) is 0 Å². The molecule has 0 bridgehead atoms. The first-order chi connectivity index (χ1) is 9.35. The number of hydrogen-bond acceptors (Lipinski definition) is 3. The molecule has 0 spiro atoms. The number of fused-ring (bicyclic) bond motifs is 1. The summed E-state index contributed by atoms with van der Waals surface area (Å²) < 4.78 is 5.76. The van der Waals surface area contributed by atoms with Crippen LogP contribution in [-0.4, -0.2) is 9.97 Å². The molecule has 0 aliphatic rings. The van der Waals surface area contributed by atoms with Gasteiger partial charge < -0.3 is 15.5 Å². The number of aromatic amines is 1. The first-order valence-electron chi connectivity index (χ1n) is 6.20. The van der Waals surface area contributed by atoms with Gasteiger partial charge in [-0.15, -0.1) is 0 Å². The highest BCUT2D eigenvalue weighted by Gasteiger charge is 2.03. The van der Waals surface area contributed by atoms with Gasteiger partial charge >= 0.3 is 0 Å². The predicted octanol–water partition coefficient (Wildman–Crippen LogP) is 2.60. The molecule has 3 N–H and O–H groups in total. The summed E-state index contributed by atoms with van der Waals surface area (Å²) >= 11 is 0. The summed E-state index contributed by atoms with van der Waals surface area (Å²) in [6.07, 6.45) is 0. The molecular weight excluding hydrogens is 238 g/mol. The highest BCUT2D eigenvalue weighted by Crippen LogP contribution is 2.20. The first kappa shape index (κ1) is 11.7. The fourth-order valence-corrected chi connectivity index (χ4v) is 1.97. The molecule has 0 aliphatic heterocycles. The number of benzene rings is 2. The van der Waals surface area contributed by atoms with Crippen molar-refractivity contribution in [2.75, 3.05) is 0 Å². The Morgan fingerprint density at radius 3 is 2.74 bits per heavy atom. The lowest BCUT2D eigenvalue weighted by Crippen LogP contribution is -1.97. The molecule has 2 aromatic carbocycles. The van der Waals surface area contributed by atoms with Crippen LogP contribution in [0.25, 0.3) is 11.0 Å². The second-order valence-electron chi connectivity index (χ2n) is 4.34. The van der Waals surface area contributed by atoms with Gasteiger partial charge in [-0.25, -0.2) is 4.98 Å². The van der Waals surface area contributed by atoms with Gasteiger partial charge in [-0.05, 0) is 17.7 Å². The van der Waals surface area contributed by atoms with Crippen molar-refractivity contribution in [1.29, 1.82) is 0 Å². The van der Waals surface area contributed by atoms with E-state index in [1.807, 2.05) is 48.5 Å². The summed E-state index contributed by atoms with van der Waals surface area (Å²) in [7, 11) is 0. The molecule has 0 saturated carbocycles. The van der Waals surface area contributed by atoms with Crippen LogP contribution in [0.3, 0.4) is 0 Å². The van der Waals surface area contributed by atoms with Crippen molar-refractivity contribution in [3.63, 3.8) is 0 Å². The van der Waals surface area contributed by atoms with Crippen molar-refractivity contribution in [2.24, 2.45) is 5.73 Å². The Morgan fingerprint density at radius 1 is 1.11 bits per heavy atom. The van der Waals surface area contributed by atoms with E-state index in [-0.39, 0.29) is 0 Å². The van der Waals surface area contributed by atoms with E-state index in [2.05, 4.69) is 9.97 Å². The van der Waals surface area contributed by atoms with Crippen LogP contribution in [0, 0.1) is 0 Å². The van der Waals surface area contributed by atoms with Gasteiger partial charge in [0, 0.05) is 6.07 Å². The highest BCUT2D eigenvalue weighted by molar-refractivity contribution is 5.76. The monoisotopic (exact) mass is 253 g/mol. The number of nitrogens with one attached hydrogen (secondary N) is 1. The van der Waals surface area contributed by atoms with E-state index in [4.69, 9.17) is 10.5 Å². The van der Waals surface area contributed by atoms with Gasteiger partial charge in [0.05, 0.1) is 17.6 Å². The van der Waals surface area contributed by atoms with E-state index in [9.17, 15) is 0 Å². The average molecular weight is 253 g/mol. The van der Waals surface area contributed by atoms with Gasteiger partial charge in [0.2, 0.25) is 0 Å². The molecule has 4 nitrogen and oxygen atoms in total. The molecule has 0 radical (unpaired) electrons. The zero-order valence-electron chi connectivity index (χ0n) is 10.5. The number of H-pyrrole nitrogens is 1. The van der Waals surface area contributed by atoms with Crippen LogP contribution in [0.1, 0.15) is 11.4 Å². The van der Waals surface area contributed by atoms with Crippen LogP contribution in [0.5, 0.6) is 5.75 Å². The number of hydrogen-bond donors (Lipinski definition) is 2. The Morgan fingerprint density at radius 2 is 1.95 bits per heavy atom. The van der Waals surface area contributed by atoms with Crippen LogP contribution in [-0.2, 0) is 13.2 Å². The van der Waals surface area contributed by atoms with Crippen LogP contribution < -0.4 is 10.5 Å². The second-order valence-corrected chi connectivity index (χ2v) is 4.34. The van der Waals surface area contributed by atoms with E-state index in [1.54, 1.807) is 0 Å². The minimum Gasteiger partial charge on any atom is -0.489 e. The van der Waals surface area contributed by atoms with Crippen LogP contribution >= 0.6 is 0 Å². The molecule has 0 saturated heterocycles. The standard InChI is InChI=1S/C15H15N3O/c16-9-15-17-13-7-6-12(8-14(13)18-15)19-10-11-4-2-1-3-5-11/h1-8H,9-10,16H2,(H,17,18). The quantitative estimate of drug-likeness (QED) is 0.751. The van der Waals surface area contributed by atoms with Gasteiger partial charge in [-0.1, -0.05) is 30.3 Å². The largest absolute Gasteiger partial charge is 0.489 e. The Bertz CT molecular complexity index is 676. The molecule has 0 aliphatic carbocycles. The lowest BCUT2D eigenvalue weighted by atomic mass is 10.2. The molecule has 3 rings (SSSR count). The third kappa shape index (κ3) is 2.58. The van der Waals surface area contributed by atoms with E-state index in [1.165, 1.54) is 0 Å². The Balaban J connectivity index is 1.78. The second kappa shape index (κ2) is 5.12. The summed E-state index contributed by atoms with van der Waals surface area (Å²) in [5.74, 6) is 1.61. The fraction of sp³-hybridized carbons (Fsp3) is 0.133. The molecular formula is C15H15N3O. The smallest absolute Gasteiger partial charge is 0.122 e. The number of nitrogens with zero attached hydrogens (tertiary/aromatic N) is 1. The first-order valence-corrected chi connectivity index (χ1v) is 6.20. The van der Waals surface area contributed by atoms with Crippen molar-refractivity contribution in [3.05, 3.63) is 59.9 Å². The summed E-state index contributed by atoms with van der Waals surface area (Å²) in [5, 5.41) is 0. The number of ether oxygens (including phenoxy) is 1. The predicted molar refractivity (Wildman–Crippen MR) is 74.8 cm³/mol. The average Bonchev–Trinajstić information content (AvgIpc) is 2.88. The SMILES string of the molecule is NCc1nc2ccc(OCc3ccccc3)cc2[nH]1. The zero-order chi connectivity index (χ0) is 13.1. The number of aromatic nitrogens is 2. The van der Waals surface area contributed by atoms with Gasteiger partial charge in [-0.2, -0.15) is 0 Å². The number of nitrogens with two attached hydrogens (primary N) is 1. The summed E-state index contributed by atoms with van der Waals surface area (Å²) in [6.45, 7) is 0.971. The summed E-state index contributed by atoms with van der Waals surface area (Å²) in [4.78, 5) is 7.52. The molecule has 96 valence electrons. The van der Waals surface area contributed by atoms with Gasteiger partial charge in [0.1, 0.15) is 18.2 Å². The molecule has 1 heterocycles. The van der Waals surface area contributed by atoms with E-state index >= 15 is 0 Å². The molecule has 0 fully saturated rings. The van der Waals surface area contributed by atoms with Crippen LogP contribution in [0.4, 0.5) is 0 Å². The maximum Gasteiger partial charge on any atom is 0.122 e.